The van der Waals surface area contributed by atoms with E-state index in [0.717, 1.165) is 27.9 Å². The van der Waals surface area contributed by atoms with E-state index in [0.29, 0.717) is 17.0 Å². The Hall–Kier alpha value is -3.73. The van der Waals surface area contributed by atoms with Crippen molar-refractivity contribution in [1.82, 2.24) is 4.98 Å². The lowest BCUT2D eigenvalue weighted by Gasteiger charge is -2.08. The van der Waals surface area contributed by atoms with Gasteiger partial charge >= 0.3 is 0 Å². The Labute approximate surface area is 156 Å². The first kappa shape index (κ1) is 16.7. The van der Waals surface area contributed by atoms with Gasteiger partial charge in [0.2, 0.25) is 0 Å². The zero-order valence-corrected chi connectivity index (χ0v) is 14.8. The third-order valence-electron chi connectivity index (χ3n) is 4.38. The van der Waals surface area contributed by atoms with Crippen LogP contribution in [-0.4, -0.2) is 22.9 Å². The molecule has 1 heterocycles. The van der Waals surface area contributed by atoms with E-state index in [9.17, 15) is 5.11 Å². The number of hydrogen-bond acceptors (Lipinski definition) is 4. The number of nitrogens with zero attached hydrogens (tertiary/aromatic N) is 1. The summed E-state index contributed by atoms with van der Waals surface area (Å²) in [5.41, 5.74) is 10.3. The van der Waals surface area contributed by atoms with Crippen molar-refractivity contribution >= 4 is 28.0 Å². The van der Waals surface area contributed by atoms with Crippen LogP contribution in [0.3, 0.4) is 0 Å². The molecule has 0 saturated heterocycles. The number of rotatable bonds is 4. The Morgan fingerprint density at radius 3 is 2.59 bits per heavy atom. The van der Waals surface area contributed by atoms with Crippen LogP contribution in [0.4, 0.5) is 11.4 Å². The van der Waals surface area contributed by atoms with Gasteiger partial charge in [0.1, 0.15) is 5.75 Å². The number of aliphatic imine (C=N–C) groups is 1. The number of H-pyrrole nitrogens is 1. The maximum absolute atomic E-state index is 10.6. The molecule has 0 amide bonds. The summed E-state index contributed by atoms with van der Waals surface area (Å²) in [5.74, 6) is 0.775. The van der Waals surface area contributed by atoms with E-state index >= 15 is 0 Å². The molecule has 27 heavy (non-hydrogen) atoms. The molecule has 4 aromatic rings. The topological polar surface area (TPSA) is 83.6 Å². The molecule has 4 N–H and O–H groups in total. The SMILES string of the molecule is COc1cccc(N=C(c2ccccc2)c2c(O)[nH]c3ccc(N)cc23)c1. The average molecular weight is 357 g/mol. The highest BCUT2D eigenvalue weighted by Crippen LogP contribution is 2.33. The summed E-state index contributed by atoms with van der Waals surface area (Å²) in [4.78, 5) is 7.84. The van der Waals surface area contributed by atoms with Crippen LogP contribution in [0, 0.1) is 0 Å². The van der Waals surface area contributed by atoms with E-state index < -0.39 is 0 Å². The van der Waals surface area contributed by atoms with Crippen LogP contribution >= 0.6 is 0 Å². The van der Waals surface area contributed by atoms with Gasteiger partial charge < -0.3 is 20.6 Å². The molecule has 0 aliphatic rings. The van der Waals surface area contributed by atoms with E-state index in [1.807, 2.05) is 66.7 Å². The number of anilines is 1. The van der Waals surface area contributed by atoms with E-state index in [-0.39, 0.29) is 5.88 Å². The monoisotopic (exact) mass is 357 g/mol. The molecule has 134 valence electrons. The molecule has 0 saturated carbocycles. The molecule has 0 aliphatic carbocycles. The van der Waals surface area contributed by atoms with Crippen molar-refractivity contribution in [1.29, 1.82) is 0 Å². The summed E-state index contributed by atoms with van der Waals surface area (Å²) in [6.45, 7) is 0. The number of ether oxygens (including phenoxy) is 1. The lowest BCUT2D eigenvalue weighted by molar-refractivity contribution is 0.415. The zero-order valence-electron chi connectivity index (χ0n) is 14.8. The fourth-order valence-electron chi connectivity index (χ4n) is 3.10. The summed E-state index contributed by atoms with van der Waals surface area (Å²) in [7, 11) is 1.62. The number of aromatic amines is 1. The molecule has 1 aromatic heterocycles. The maximum Gasteiger partial charge on any atom is 0.199 e. The molecule has 0 spiro atoms. The van der Waals surface area contributed by atoms with Gasteiger partial charge in [-0.2, -0.15) is 0 Å². The van der Waals surface area contributed by atoms with Crippen LogP contribution in [0.2, 0.25) is 0 Å². The first-order valence-corrected chi connectivity index (χ1v) is 8.54. The van der Waals surface area contributed by atoms with E-state index in [2.05, 4.69) is 4.98 Å². The highest BCUT2D eigenvalue weighted by molar-refractivity contribution is 6.22. The van der Waals surface area contributed by atoms with E-state index in [4.69, 9.17) is 15.5 Å². The second kappa shape index (κ2) is 6.88. The molecule has 0 bridgehead atoms. The van der Waals surface area contributed by atoms with Gasteiger partial charge in [-0.25, -0.2) is 4.99 Å². The van der Waals surface area contributed by atoms with Gasteiger partial charge in [-0.05, 0) is 30.3 Å². The molecule has 0 unspecified atom stereocenters. The quantitative estimate of drug-likeness (QED) is 0.368. The van der Waals surface area contributed by atoms with Gasteiger partial charge in [-0.3, -0.25) is 0 Å². The Morgan fingerprint density at radius 1 is 1.00 bits per heavy atom. The maximum atomic E-state index is 10.6. The van der Waals surface area contributed by atoms with Crippen molar-refractivity contribution < 1.29 is 9.84 Å². The molecule has 3 aromatic carbocycles. The van der Waals surface area contributed by atoms with Crippen molar-refractivity contribution in [2.75, 3.05) is 12.8 Å². The van der Waals surface area contributed by atoms with Crippen molar-refractivity contribution in [2.45, 2.75) is 0 Å². The predicted molar refractivity (Wildman–Crippen MR) is 109 cm³/mol. The van der Waals surface area contributed by atoms with Crippen LogP contribution in [0.15, 0.2) is 77.8 Å². The summed E-state index contributed by atoms with van der Waals surface area (Å²) in [5, 5.41) is 11.5. The summed E-state index contributed by atoms with van der Waals surface area (Å²) in [6, 6.07) is 22.7. The van der Waals surface area contributed by atoms with Crippen molar-refractivity contribution in [3.8, 4) is 11.6 Å². The number of nitrogens with one attached hydrogen (secondary N) is 1. The molecule has 0 radical (unpaired) electrons. The second-order valence-electron chi connectivity index (χ2n) is 6.18. The molecule has 4 rings (SSSR count). The van der Waals surface area contributed by atoms with Gasteiger partial charge in [0, 0.05) is 28.2 Å². The molecule has 0 aliphatic heterocycles. The number of hydrogen-bond donors (Lipinski definition) is 3. The zero-order chi connectivity index (χ0) is 18.8. The number of nitrogen functional groups attached to an aromatic ring is 1. The van der Waals surface area contributed by atoms with Crippen LogP contribution < -0.4 is 10.5 Å². The lowest BCUT2D eigenvalue weighted by atomic mass is 10.0. The smallest absolute Gasteiger partial charge is 0.199 e. The van der Waals surface area contributed by atoms with Gasteiger partial charge in [0.05, 0.1) is 24.1 Å². The van der Waals surface area contributed by atoms with Gasteiger partial charge in [0.15, 0.2) is 5.88 Å². The first-order valence-electron chi connectivity index (χ1n) is 8.54. The molecular formula is C22H19N3O2. The van der Waals surface area contributed by atoms with Crippen molar-refractivity contribution in [3.63, 3.8) is 0 Å². The minimum Gasteiger partial charge on any atom is -0.497 e. The number of benzene rings is 3. The Bertz CT molecular complexity index is 1130. The van der Waals surface area contributed by atoms with Crippen LogP contribution in [0.25, 0.3) is 10.9 Å². The molecular weight excluding hydrogens is 338 g/mol. The second-order valence-corrected chi connectivity index (χ2v) is 6.18. The minimum absolute atomic E-state index is 0.0566. The van der Waals surface area contributed by atoms with Crippen molar-refractivity contribution in [2.24, 2.45) is 4.99 Å². The summed E-state index contributed by atoms with van der Waals surface area (Å²) < 4.78 is 5.30. The molecule has 5 nitrogen and oxygen atoms in total. The molecule has 5 heteroatoms. The fourth-order valence-corrected chi connectivity index (χ4v) is 3.10. The van der Waals surface area contributed by atoms with Crippen LogP contribution in [0.5, 0.6) is 11.6 Å². The van der Waals surface area contributed by atoms with Gasteiger partial charge in [0.25, 0.3) is 0 Å². The number of methoxy groups -OCH3 is 1. The highest BCUT2D eigenvalue weighted by atomic mass is 16.5. The Kier molecular flexibility index (Phi) is 4.26. The predicted octanol–water partition coefficient (Wildman–Crippen LogP) is 4.63. The lowest BCUT2D eigenvalue weighted by Crippen LogP contribution is -2.03. The Morgan fingerprint density at radius 2 is 1.81 bits per heavy atom. The minimum atomic E-state index is 0.0566. The summed E-state index contributed by atoms with van der Waals surface area (Å²) >= 11 is 0. The third-order valence-corrected chi connectivity index (χ3v) is 4.38. The fraction of sp³-hybridized carbons (Fsp3) is 0.0455. The van der Waals surface area contributed by atoms with Gasteiger partial charge in [-0.1, -0.05) is 36.4 Å². The number of fused-ring (bicyclic) bond motifs is 1. The summed E-state index contributed by atoms with van der Waals surface area (Å²) in [6.07, 6.45) is 0. The third kappa shape index (κ3) is 3.22. The molecule has 0 atom stereocenters. The number of aromatic hydroxyl groups is 1. The number of aromatic nitrogens is 1. The van der Waals surface area contributed by atoms with Crippen LogP contribution in [-0.2, 0) is 0 Å². The normalized spacial score (nSPS) is 11.7. The standard InChI is InChI=1S/C22H19N3O2/c1-27-17-9-5-8-16(13-17)24-21(14-6-3-2-4-7-14)20-18-12-15(23)10-11-19(18)25-22(20)26/h2-13,25-26H,23H2,1H3. The average Bonchev–Trinajstić information content (AvgIpc) is 3.02. The molecule has 0 fully saturated rings. The van der Waals surface area contributed by atoms with E-state index in [1.54, 1.807) is 13.2 Å². The Balaban J connectivity index is 1.98. The van der Waals surface area contributed by atoms with Crippen molar-refractivity contribution in [3.05, 3.63) is 83.9 Å². The van der Waals surface area contributed by atoms with E-state index in [1.165, 1.54) is 0 Å². The number of nitrogens with two attached hydrogens (primary N) is 1. The first-order chi connectivity index (χ1) is 13.2. The van der Waals surface area contributed by atoms with Gasteiger partial charge in [-0.15, -0.1) is 0 Å². The van der Waals surface area contributed by atoms with Crippen LogP contribution in [0.1, 0.15) is 11.1 Å². The highest BCUT2D eigenvalue weighted by Gasteiger charge is 2.18. The largest absolute Gasteiger partial charge is 0.497 e.